The molecule has 0 N–H and O–H groups in total. The highest BCUT2D eigenvalue weighted by Gasteiger charge is 2.33. The van der Waals surface area contributed by atoms with Gasteiger partial charge in [0.05, 0.1) is 11.3 Å². The highest BCUT2D eigenvalue weighted by Crippen LogP contribution is 2.36. The molecule has 0 spiro atoms. The molecular formula is C12H7ClF3N. The van der Waals surface area contributed by atoms with Gasteiger partial charge in [-0.05, 0) is 18.2 Å². The minimum atomic E-state index is -4.40. The van der Waals surface area contributed by atoms with Gasteiger partial charge in [-0.15, -0.1) is 0 Å². The molecule has 88 valence electrons. The van der Waals surface area contributed by atoms with Crippen molar-refractivity contribution < 1.29 is 13.2 Å². The first-order chi connectivity index (χ1) is 7.98. The summed E-state index contributed by atoms with van der Waals surface area (Å²) in [6.07, 6.45) is -3.02. The van der Waals surface area contributed by atoms with E-state index >= 15 is 0 Å². The molecular weight excluding hydrogens is 251 g/mol. The molecule has 0 saturated heterocycles. The van der Waals surface area contributed by atoms with Gasteiger partial charge in [0.1, 0.15) is 0 Å². The molecule has 0 unspecified atom stereocenters. The van der Waals surface area contributed by atoms with E-state index in [1.54, 1.807) is 0 Å². The van der Waals surface area contributed by atoms with Crippen LogP contribution in [0.1, 0.15) is 5.56 Å². The molecule has 0 bridgehead atoms. The summed E-state index contributed by atoms with van der Waals surface area (Å²) in [6, 6.07) is 8.21. The molecule has 1 nitrogen and oxygen atoms in total. The van der Waals surface area contributed by atoms with Crippen LogP contribution in [-0.2, 0) is 6.18 Å². The zero-order valence-corrected chi connectivity index (χ0v) is 9.26. The lowest BCUT2D eigenvalue weighted by Crippen LogP contribution is -2.07. The predicted octanol–water partition coefficient (Wildman–Crippen LogP) is 4.42. The van der Waals surface area contributed by atoms with Crippen LogP contribution in [0.15, 0.2) is 42.6 Å². The summed E-state index contributed by atoms with van der Waals surface area (Å²) in [5.41, 5.74) is -0.470. The number of alkyl halides is 3. The minimum absolute atomic E-state index is 0.0301. The van der Waals surface area contributed by atoms with E-state index in [-0.39, 0.29) is 11.3 Å². The van der Waals surface area contributed by atoms with Gasteiger partial charge in [-0.25, -0.2) is 0 Å². The smallest absolute Gasteiger partial charge is 0.256 e. The van der Waals surface area contributed by atoms with Crippen LogP contribution in [0.5, 0.6) is 0 Å². The topological polar surface area (TPSA) is 12.9 Å². The third kappa shape index (κ3) is 2.58. The molecule has 2 aromatic rings. The molecule has 0 aliphatic rings. The maximum absolute atomic E-state index is 12.8. The fourth-order valence-corrected chi connectivity index (χ4v) is 1.67. The molecule has 1 heterocycles. The minimum Gasteiger partial charge on any atom is -0.256 e. The third-order valence-electron chi connectivity index (χ3n) is 2.23. The van der Waals surface area contributed by atoms with Crippen LogP contribution < -0.4 is 0 Å². The Labute approximate surface area is 101 Å². The summed E-state index contributed by atoms with van der Waals surface area (Å²) < 4.78 is 38.3. The molecule has 0 aliphatic heterocycles. The van der Waals surface area contributed by atoms with E-state index < -0.39 is 11.7 Å². The van der Waals surface area contributed by atoms with Crippen LogP contribution in [0, 0.1) is 0 Å². The average Bonchev–Trinajstić information content (AvgIpc) is 2.28. The lowest BCUT2D eigenvalue weighted by Gasteiger charge is -2.12. The van der Waals surface area contributed by atoms with Gasteiger partial charge in [-0.2, -0.15) is 13.2 Å². The van der Waals surface area contributed by atoms with Gasteiger partial charge < -0.3 is 0 Å². The van der Waals surface area contributed by atoms with Gasteiger partial charge in [-0.1, -0.05) is 29.8 Å². The lowest BCUT2D eigenvalue weighted by molar-refractivity contribution is -0.137. The van der Waals surface area contributed by atoms with Crippen molar-refractivity contribution in [3.05, 3.63) is 53.2 Å². The SMILES string of the molecule is FC(F)(F)c1ccccc1-c1cc(Cl)ccn1. The van der Waals surface area contributed by atoms with Crippen LogP contribution in [0.25, 0.3) is 11.3 Å². The molecule has 0 atom stereocenters. The molecule has 0 saturated carbocycles. The van der Waals surface area contributed by atoms with Gasteiger partial charge in [0, 0.05) is 16.8 Å². The molecule has 17 heavy (non-hydrogen) atoms. The van der Waals surface area contributed by atoms with E-state index in [4.69, 9.17) is 11.6 Å². The largest absolute Gasteiger partial charge is 0.417 e. The summed E-state index contributed by atoms with van der Waals surface area (Å²) >= 11 is 5.74. The van der Waals surface area contributed by atoms with Crippen LogP contribution in [0.4, 0.5) is 13.2 Å². The summed E-state index contributed by atoms with van der Waals surface area (Å²) in [5, 5.41) is 0.354. The fraction of sp³-hybridized carbons (Fsp3) is 0.0833. The Morgan fingerprint density at radius 3 is 2.41 bits per heavy atom. The van der Waals surface area contributed by atoms with E-state index in [0.717, 1.165) is 6.07 Å². The standard InChI is InChI=1S/C12H7ClF3N/c13-8-5-6-17-11(7-8)9-3-1-2-4-10(9)12(14,15)16/h1-7H. The number of benzene rings is 1. The maximum atomic E-state index is 12.8. The van der Waals surface area contributed by atoms with Crippen molar-refractivity contribution in [2.24, 2.45) is 0 Å². The maximum Gasteiger partial charge on any atom is 0.417 e. The molecule has 0 radical (unpaired) electrons. The second-order valence-electron chi connectivity index (χ2n) is 3.40. The number of rotatable bonds is 1. The lowest BCUT2D eigenvalue weighted by atomic mass is 10.0. The van der Waals surface area contributed by atoms with Crippen molar-refractivity contribution in [1.29, 1.82) is 0 Å². The van der Waals surface area contributed by atoms with Crippen molar-refractivity contribution in [1.82, 2.24) is 4.98 Å². The first-order valence-electron chi connectivity index (χ1n) is 4.76. The van der Waals surface area contributed by atoms with Gasteiger partial charge in [0.15, 0.2) is 0 Å². The van der Waals surface area contributed by atoms with Crippen LogP contribution in [0.3, 0.4) is 0 Å². The van der Waals surface area contributed by atoms with Crippen molar-refractivity contribution >= 4 is 11.6 Å². The van der Waals surface area contributed by atoms with E-state index in [1.165, 1.54) is 36.5 Å². The Hall–Kier alpha value is -1.55. The van der Waals surface area contributed by atoms with Gasteiger partial charge in [-0.3, -0.25) is 4.98 Å². The highest BCUT2D eigenvalue weighted by molar-refractivity contribution is 6.30. The first-order valence-corrected chi connectivity index (χ1v) is 5.14. The highest BCUT2D eigenvalue weighted by atomic mass is 35.5. The van der Waals surface area contributed by atoms with Crippen LogP contribution >= 0.6 is 11.6 Å². The third-order valence-corrected chi connectivity index (χ3v) is 2.47. The van der Waals surface area contributed by atoms with Crippen LogP contribution in [-0.4, -0.2) is 4.98 Å². The summed E-state index contributed by atoms with van der Waals surface area (Å²) in [6.45, 7) is 0. The van der Waals surface area contributed by atoms with Crippen molar-refractivity contribution in [2.75, 3.05) is 0 Å². The quantitative estimate of drug-likeness (QED) is 0.737. The van der Waals surface area contributed by atoms with Gasteiger partial charge in [0.25, 0.3) is 0 Å². The normalized spacial score (nSPS) is 11.5. The van der Waals surface area contributed by atoms with E-state index in [1.807, 2.05) is 0 Å². The van der Waals surface area contributed by atoms with E-state index in [9.17, 15) is 13.2 Å². The van der Waals surface area contributed by atoms with Crippen molar-refractivity contribution in [2.45, 2.75) is 6.18 Å². The Bertz CT molecular complexity index is 537. The number of hydrogen-bond acceptors (Lipinski definition) is 1. The fourth-order valence-electron chi connectivity index (χ4n) is 1.51. The molecule has 0 amide bonds. The summed E-state index contributed by atoms with van der Waals surface area (Å²) in [7, 11) is 0. The Balaban J connectivity index is 2.60. The van der Waals surface area contributed by atoms with Crippen LogP contribution in [0.2, 0.25) is 5.02 Å². The molecule has 0 aliphatic carbocycles. The summed E-state index contributed by atoms with van der Waals surface area (Å²) in [5.74, 6) is 0. The van der Waals surface area contributed by atoms with Crippen molar-refractivity contribution in [3.63, 3.8) is 0 Å². The molecule has 2 rings (SSSR count). The zero-order valence-electron chi connectivity index (χ0n) is 8.50. The Morgan fingerprint density at radius 1 is 1.06 bits per heavy atom. The second-order valence-corrected chi connectivity index (χ2v) is 3.84. The molecule has 0 fully saturated rings. The zero-order chi connectivity index (χ0) is 12.5. The molecule has 5 heteroatoms. The molecule has 1 aromatic heterocycles. The molecule has 1 aromatic carbocycles. The van der Waals surface area contributed by atoms with E-state index in [2.05, 4.69) is 4.98 Å². The van der Waals surface area contributed by atoms with Crippen molar-refractivity contribution in [3.8, 4) is 11.3 Å². The second kappa shape index (κ2) is 4.37. The number of aromatic nitrogens is 1. The Kier molecular flexibility index (Phi) is 3.07. The Morgan fingerprint density at radius 2 is 1.76 bits per heavy atom. The number of pyridine rings is 1. The first kappa shape index (κ1) is 11.9. The number of hydrogen-bond donors (Lipinski definition) is 0. The monoisotopic (exact) mass is 257 g/mol. The number of nitrogens with zero attached hydrogens (tertiary/aromatic N) is 1. The van der Waals surface area contributed by atoms with Gasteiger partial charge in [0.2, 0.25) is 0 Å². The number of halogens is 4. The average molecular weight is 258 g/mol. The van der Waals surface area contributed by atoms with Gasteiger partial charge >= 0.3 is 6.18 Å². The summed E-state index contributed by atoms with van der Waals surface area (Å²) in [4.78, 5) is 3.90. The van der Waals surface area contributed by atoms with E-state index in [0.29, 0.717) is 5.02 Å². The predicted molar refractivity (Wildman–Crippen MR) is 59.7 cm³/mol.